The van der Waals surface area contributed by atoms with Crippen LogP contribution >= 0.6 is 22.7 Å². The Kier molecular flexibility index (Phi) is 5.41. The number of carbonyl (C=O) groups excluding carboxylic acids is 1. The van der Waals surface area contributed by atoms with Crippen molar-refractivity contribution < 1.29 is 14.3 Å². The van der Waals surface area contributed by atoms with Crippen LogP contribution in [0.15, 0.2) is 53.4 Å². The summed E-state index contributed by atoms with van der Waals surface area (Å²) in [7, 11) is 3.18. The molecule has 2 aromatic heterocycles. The Morgan fingerprint density at radius 3 is 2.66 bits per heavy atom. The highest BCUT2D eigenvalue weighted by molar-refractivity contribution is 7.11. The SMILES string of the molecule is COc1ccc([C@H]2C=C(c3cccs3)NN2C(=O)Cn2ccsc2=N)cc1OC. The first-order chi connectivity index (χ1) is 14.1. The van der Waals surface area contributed by atoms with E-state index in [0.29, 0.717) is 16.3 Å². The number of hydrogen-bond acceptors (Lipinski definition) is 7. The molecule has 0 unspecified atom stereocenters. The summed E-state index contributed by atoms with van der Waals surface area (Å²) in [6, 6.07) is 9.32. The third-order valence-corrected chi connectivity index (χ3v) is 6.25. The van der Waals surface area contributed by atoms with Gasteiger partial charge in [0.25, 0.3) is 5.91 Å². The number of benzene rings is 1. The first kappa shape index (κ1) is 19.3. The van der Waals surface area contributed by atoms with E-state index in [-0.39, 0.29) is 18.5 Å². The van der Waals surface area contributed by atoms with E-state index in [0.717, 1.165) is 16.1 Å². The Hall–Kier alpha value is -3.04. The summed E-state index contributed by atoms with van der Waals surface area (Å²) < 4.78 is 12.4. The maximum absolute atomic E-state index is 13.1. The predicted molar refractivity (Wildman–Crippen MR) is 113 cm³/mol. The lowest BCUT2D eigenvalue weighted by Gasteiger charge is -2.26. The zero-order valence-electron chi connectivity index (χ0n) is 15.9. The molecule has 9 heteroatoms. The number of thiophene rings is 1. The molecule has 1 aromatic carbocycles. The second-order valence-corrected chi connectivity index (χ2v) is 8.17. The van der Waals surface area contributed by atoms with Gasteiger partial charge in [-0.1, -0.05) is 12.1 Å². The minimum Gasteiger partial charge on any atom is -0.493 e. The van der Waals surface area contributed by atoms with Crippen molar-refractivity contribution in [3.63, 3.8) is 0 Å². The standard InChI is InChI=1S/C20H20N4O3S2/c1-26-16-6-5-13(10-17(16)27-2)15-11-14(18-4-3-8-28-18)22-24(15)19(25)12-23-7-9-29-20(23)21/h3-11,15,21-22H,12H2,1-2H3/t15-/m1/s1. The van der Waals surface area contributed by atoms with Gasteiger partial charge < -0.3 is 14.0 Å². The predicted octanol–water partition coefficient (Wildman–Crippen LogP) is 3.24. The first-order valence-electron chi connectivity index (χ1n) is 8.85. The van der Waals surface area contributed by atoms with Crippen molar-refractivity contribution in [2.45, 2.75) is 12.6 Å². The molecule has 7 nitrogen and oxygen atoms in total. The van der Waals surface area contributed by atoms with Gasteiger partial charge in [-0.25, -0.2) is 5.01 Å². The van der Waals surface area contributed by atoms with E-state index in [2.05, 4.69) is 5.43 Å². The number of hydrogen-bond donors (Lipinski definition) is 2. The monoisotopic (exact) mass is 428 g/mol. The highest BCUT2D eigenvalue weighted by atomic mass is 32.1. The van der Waals surface area contributed by atoms with Crippen LogP contribution in [0.4, 0.5) is 0 Å². The minimum atomic E-state index is -0.312. The van der Waals surface area contributed by atoms with E-state index >= 15 is 0 Å². The number of amides is 1. The molecule has 0 saturated heterocycles. The molecule has 1 atom stereocenters. The average Bonchev–Trinajstić information content (AvgIpc) is 3.48. The van der Waals surface area contributed by atoms with Crippen LogP contribution in [0.2, 0.25) is 0 Å². The van der Waals surface area contributed by atoms with Crippen molar-refractivity contribution in [1.82, 2.24) is 15.0 Å². The number of thiazole rings is 1. The fraction of sp³-hybridized carbons (Fsp3) is 0.200. The molecule has 0 bridgehead atoms. The number of aromatic nitrogens is 1. The normalized spacial score (nSPS) is 15.7. The van der Waals surface area contributed by atoms with Gasteiger partial charge in [0.2, 0.25) is 0 Å². The quantitative estimate of drug-likeness (QED) is 0.632. The van der Waals surface area contributed by atoms with Crippen LogP contribution in [-0.2, 0) is 11.3 Å². The van der Waals surface area contributed by atoms with Crippen LogP contribution in [0.5, 0.6) is 11.5 Å². The molecular weight excluding hydrogens is 408 g/mol. The lowest BCUT2D eigenvalue weighted by Crippen LogP contribution is -2.42. The van der Waals surface area contributed by atoms with Crippen molar-refractivity contribution in [1.29, 1.82) is 5.41 Å². The van der Waals surface area contributed by atoms with E-state index in [4.69, 9.17) is 14.9 Å². The Balaban J connectivity index is 1.69. The van der Waals surface area contributed by atoms with Crippen molar-refractivity contribution in [3.8, 4) is 11.5 Å². The third kappa shape index (κ3) is 3.79. The summed E-state index contributed by atoms with van der Waals surface area (Å²) in [6.45, 7) is 0.0880. The summed E-state index contributed by atoms with van der Waals surface area (Å²) >= 11 is 2.90. The summed E-state index contributed by atoms with van der Waals surface area (Å²) in [5, 5.41) is 13.3. The summed E-state index contributed by atoms with van der Waals surface area (Å²) in [5.74, 6) is 1.11. The Morgan fingerprint density at radius 1 is 1.17 bits per heavy atom. The largest absolute Gasteiger partial charge is 0.493 e. The zero-order chi connectivity index (χ0) is 20.4. The lowest BCUT2D eigenvalue weighted by atomic mass is 10.0. The summed E-state index contributed by atoms with van der Waals surface area (Å²) in [6.07, 6.45) is 3.78. The molecule has 0 fully saturated rings. The maximum atomic E-state index is 13.1. The minimum absolute atomic E-state index is 0.0880. The Morgan fingerprint density at radius 2 is 2.00 bits per heavy atom. The second kappa shape index (κ2) is 8.14. The van der Waals surface area contributed by atoms with Gasteiger partial charge in [-0.3, -0.25) is 15.6 Å². The fourth-order valence-corrected chi connectivity index (χ4v) is 4.49. The molecule has 150 valence electrons. The molecule has 1 aliphatic heterocycles. The molecule has 0 saturated carbocycles. The number of methoxy groups -OCH3 is 2. The van der Waals surface area contributed by atoms with E-state index in [1.165, 1.54) is 11.3 Å². The summed E-state index contributed by atoms with van der Waals surface area (Å²) in [4.78, 5) is 14.5. The average molecular weight is 429 g/mol. The highest BCUT2D eigenvalue weighted by Crippen LogP contribution is 2.37. The van der Waals surface area contributed by atoms with Gasteiger partial charge in [-0.05, 0) is 35.2 Å². The molecule has 0 aliphatic carbocycles. The molecule has 0 radical (unpaired) electrons. The zero-order valence-corrected chi connectivity index (χ0v) is 17.5. The van der Waals surface area contributed by atoms with Crippen LogP contribution in [0.1, 0.15) is 16.5 Å². The van der Waals surface area contributed by atoms with Crippen LogP contribution in [0.3, 0.4) is 0 Å². The molecule has 4 rings (SSSR count). The van der Waals surface area contributed by atoms with Gasteiger partial charge in [-0.2, -0.15) is 0 Å². The Labute approximate surface area is 175 Å². The number of rotatable bonds is 6. The van der Waals surface area contributed by atoms with Crippen LogP contribution in [0, 0.1) is 5.41 Å². The van der Waals surface area contributed by atoms with E-state index in [1.54, 1.807) is 46.7 Å². The van der Waals surface area contributed by atoms with Crippen LogP contribution < -0.4 is 19.7 Å². The smallest absolute Gasteiger partial charge is 0.261 e. The number of ether oxygens (including phenoxy) is 2. The molecular formula is C20H20N4O3S2. The van der Waals surface area contributed by atoms with E-state index in [1.807, 2.05) is 41.8 Å². The van der Waals surface area contributed by atoms with Gasteiger partial charge in [0.05, 0.1) is 30.8 Å². The van der Waals surface area contributed by atoms with Gasteiger partial charge in [-0.15, -0.1) is 22.7 Å². The molecule has 29 heavy (non-hydrogen) atoms. The topological polar surface area (TPSA) is 79.6 Å². The van der Waals surface area contributed by atoms with E-state index in [9.17, 15) is 4.79 Å². The highest BCUT2D eigenvalue weighted by Gasteiger charge is 2.31. The number of hydrazine groups is 1. The fourth-order valence-electron chi connectivity index (χ4n) is 3.19. The Bertz CT molecular complexity index is 1100. The molecule has 0 spiro atoms. The van der Waals surface area contributed by atoms with Crippen LogP contribution in [0.25, 0.3) is 5.70 Å². The molecule has 1 amide bonds. The van der Waals surface area contributed by atoms with E-state index < -0.39 is 0 Å². The molecule has 3 aromatic rings. The van der Waals surface area contributed by atoms with Crippen molar-refractivity contribution in [3.05, 3.63) is 68.6 Å². The van der Waals surface area contributed by atoms with Crippen molar-refractivity contribution in [2.24, 2.45) is 0 Å². The number of carbonyl (C=O) groups is 1. The lowest BCUT2D eigenvalue weighted by molar-refractivity contribution is -0.135. The van der Waals surface area contributed by atoms with Crippen molar-refractivity contribution >= 4 is 34.3 Å². The molecule has 2 N–H and O–H groups in total. The molecule has 3 heterocycles. The number of nitrogens with zero attached hydrogens (tertiary/aromatic N) is 2. The van der Waals surface area contributed by atoms with Crippen molar-refractivity contribution in [2.75, 3.05) is 14.2 Å². The maximum Gasteiger partial charge on any atom is 0.261 e. The third-order valence-electron chi connectivity index (χ3n) is 4.63. The first-order valence-corrected chi connectivity index (χ1v) is 10.6. The van der Waals surface area contributed by atoms with Gasteiger partial charge in [0.15, 0.2) is 16.3 Å². The summed E-state index contributed by atoms with van der Waals surface area (Å²) in [5.41, 5.74) is 5.04. The van der Waals surface area contributed by atoms with Gasteiger partial charge in [0, 0.05) is 11.6 Å². The van der Waals surface area contributed by atoms with Gasteiger partial charge in [0.1, 0.15) is 6.54 Å². The van der Waals surface area contributed by atoms with Gasteiger partial charge >= 0.3 is 0 Å². The number of nitrogens with one attached hydrogen (secondary N) is 2. The second-order valence-electron chi connectivity index (χ2n) is 6.33. The molecule has 1 aliphatic rings. The van der Waals surface area contributed by atoms with Crippen LogP contribution in [-0.4, -0.2) is 29.7 Å².